The molecule has 1 fully saturated rings. The van der Waals surface area contributed by atoms with Crippen LogP contribution >= 0.6 is 0 Å². The van der Waals surface area contributed by atoms with Gasteiger partial charge in [-0.3, -0.25) is 4.79 Å². The number of amides is 1. The van der Waals surface area contributed by atoms with Gasteiger partial charge in [0.1, 0.15) is 0 Å². The third kappa shape index (κ3) is 3.51. The Kier molecular flexibility index (Phi) is 4.54. The first kappa shape index (κ1) is 17.1. The van der Waals surface area contributed by atoms with E-state index in [2.05, 4.69) is 17.2 Å². The van der Waals surface area contributed by atoms with Gasteiger partial charge in [0.15, 0.2) is 0 Å². The minimum Gasteiger partial charge on any atom is -0.397 e. The van der Waals surface area contributed by atoms with Crippen molar-refractivity contribution in [3.63, 3.8) is 0 Å². The van der Waals surface area contributed by atoms with Gasteiger partial charge in [0.25, 0.3) is 0 Å². The van der Waals surface area contributed by atoms with E-state index in [0.29, 0.717) is 24.3 Å². The number of nitrogens with two attached hydrogens (primary N) is 2. The number of nitrogens with zero attached hydrogens (tertiary/aromatic N) is 3. The summed E-state index contributed by atoms with van der Waals surface area (Å²) >= 11 is 0. The number of anilines is 2. The van der Waals surface area contributed by atoms with Gasteiger partial charge in [0.05, 0.1) is 17.1 Å². The van der Waals surface area contributed by atoms with Crippen molar-refractivity contribution in [3.8, 4) is 5.69 Å². The van der Waals surface area contributed by atoms with Crippen molar-refractivity contribution in [2.24, 2.45) is 0 Å². The van der Waals surface area contributed by atoms with Crippen LogP contribution in [0.2, 0.25) is 0 Å². The van der Waals surface area contributed by atoms with E-state index in [-0.39, 0.29) is 11.8 Å². The summed E-state index contributed by atoms with van der Waals surface area (Å²) in [5.41, 5.74) is 16.3. The predicted octanol–water partition coefficient (Wildman–Crippen LogP) is 2.94. The third-order valence-corrected chi connectivity index (χ3v) is 5.17. The lowest BCUT2D eigenvalue weighted by molar-refractivity contribution is -0.134. The van der Waals surface area contributed by atoms with Crippen molar-refractivity contribution in [1.82, 2.24) is 14.7 Å². The molecule has 1 atom stereocenters. The van der Waals surface area contributed by atoms with E-state index in [1.54, 1.807) is 10.9 Å². The zero-order chi connectivity index (χ0) is 18.8. The van der Waals surface area contributed by atoms with E-state index in [9.17, 15) is 4.79 Å². The fourth-order valence-electron chi connectivity index (χ4n) is 3.65. The van der Waals surface area contributed by atoms with Crippen LogP contribution in [0.25, 0.3) is 5.69 Å². The highest BCUT2D eigenvalue weighted by molar-refractivity contribution is 5.79. The molecule has 0 spiro atoms. The summed E-state index contributed by atoms with van der Waals surface area (Å²) in [6.45, 7) is 1.40. The number of benzene rings is 2. The van der Waals surface area contributed by atoms with Crippen LogP contribution in [0.1, 0.15) is 29.9 Å². The average molecular weight is 361 g/mol. The third-order valence-electron chi connectivity index (χ3n) is 5.17. The summed E-state index contributed by atoms with van der Waals surface area (Å²) < 4.78 is 1.71. The van der Waals surface area contributed by atoms with Crippen LogP contribution in [0.4, 0.5) is 11.4 Å². The van der Waals surface area contributed by atoms with Crippen LogP contribution in [0, 0.1) is 0 Å². The summed E-state index contributed by atoms with van der Waals surface area (Å²) in [6, 6.07) is 15.8. The van der Waals surface area contributed by atoms with Gasteiger partial charge < -0.3 is 16.4 Å². The number of likely N-dealkylation sites (tertiary alicyclic amines) is 1. The maximum Gasteiger partial charge on any atom is 0.223 e. The molecular weight excluding hydrogens is 338 g/mol. The van der Waals surface area contributed by atoms with Crippen LogP contribution < -0.4 is 11.5 Å². The molecule has 0 radical (unpaired) electrons. The Morgan fingerprint density at radius 3 is 2.63 bits per heavy atom. The summed E-state index contributed by atoms with van der Waals surface area (Å²) in [4.78, 5) is 14.6. The summed E-state index contributed by atoms with van der Waals surface area (Å²) in [5.74, 6) is 0.313. The highest BCUT2D eigenvalue weighted by Gasteiger charge is 2.27. The van der Waals surface area contributed by atoms with Crippen molar-refractivity contribution in [2.45, 2.75) is 25.3 Å². The first-order chi connectivity index (χ1) is 13.1. The van der Waals surface area contributed by atoms with E-state index in [1.807, 2.05) is 47.5 Å². The van der Waals surface area contributed by atoms with Crippen molar-refractivity contribution in [3.05, 3.63) is 72.1 Å². The van der Waals surface area contributed by atoms with E-state index in [0.717, 1.165) is 29.8 Å². The number of carbonyl (C=O) groups is 1. The van der Waals surface area contributed by atoms with Crippen molar-refractivity contribution in [1.29, 1.82) is 0 Å². The molecule has 138 valence electrons. The number of hydrogen-bond donors (Lipinski definition) is 2. The van der Waals surface area contributed by atoms with Gasteiger partial charge in [-0.15, -0.1) is 0 Å². The lowest BCUT2D eigenvalue weighted by atomic mass is 9.88. The number of nitrogen functional groups attached to an aromatic ring is 2. The zero-order valence-electron chi connectivity index (χ0n) is 15.1. The standard InChI is InChI=1S/C21H23N5O/c22-18-11-17(12-19(21(18)23)26-9-4-8-24-26)16-7-10-25(20(27)13-16)14-15-5-2-1-3-6-15/h1-6,8-9,11-12,16H,7,10,13-14,22-23H2. The van der Waals surface area contributed by atoms with Gasteiger partial charge in [-0.1, -0.05) is 30.3 Å². The van der Waals surface area contributed by atoms with Gasteiger partial charge >= 0.3 is 0 Å². The maximum atomic E-state index is 12.7. The molecule has 6 heteroatoms. The molecule has 1 amide bonds. The largest absolute Gasteiger partial charge is 0.397 e. The van der Waals surface area contributed by atoms with Crippen molar-refractivity contribution in [2.75, 3.05) is 18.0 Å². The average Bonchev–Trinajstić information content (AvgIpc) is 3.21. The Balaban J connectivity index is 1.53. The number of piperidine rings is 1. The smallest absolute Gasteiger partial charge is 0.223 e. The number of carbonyl (C=O) groups excluding carboxylic acids is 1. The minimum atomic E-state index is 0.140. The topological polar surface area (TPSA) is 90.2 Å². The second kappa shape index (κ2) is 7.15. The van der Waals surface area contributed by atoms with Gasteiger partial charge in [0, 0.05) is 31.9 Å². The molecule has 27 heavy (non-hydrogen) atoms. The molecule has 1 saturated heterocycles. The monoisotopic (exact) mass is 361 g/mol. The number of aromatic nitrogens is 2. The molecule has 0 bridgehead atoms. The Bertz CT molecular complexity index is 937. The SMILES string of the molecule is Nc1cc(C2CCN(Cc3ccccc3)C(=O)C2)cc(-n2cccn2)c1N. The van der Waals surface area contributed by atoms with E-state index < -0.39 is 0 Å². The second-order valence-corrected chi connectivity index (χ2v) is 6.98. The molecule has 1 aliphatic rings. The van der Waals surface area contributed by atoms with Gasteiger partial charge in [-0.05, 0) is 41.7 Å². The molecule has 3 aromatic rings. The first-order valence-corrected chi connectivity index (χ1v) is 9.12. The van der Waals surface area contributed by atoms with Gasteiger partial charge in [0.2, 0.25) is 5.91 Å². The normalized spacial score (nSPS) is 17.3. The molecule has 1 aliphatic heterocycles. The Morgan fingerprint density at radius 2 is 1.93 bits per heavy atom. The van der Waals surface area contributed by atoms with Gasteiger partial charge in [-0.2, -0.15) is 5.10 Å². The molecular formula is C21H23N5O. The molecule has 0 saturated carbocycles. The fourth-order valence-corrected chi connectivity index (χ4v) is 3.65. The highest BCUT2D eigenvalue weighted by Crippen LogP contribution is 2.35. The fraction of sp³-hybridized carbons (Fsp3) is 0.238. The molecule has 2 aromatic carbocycles. The molecule has 1 aromatic heterocycles. The highest BCUT2D eigenvalue weighted by atomic mass is 16.2. The summed E-state index contributed by atoms with van der Waals surface area (Å²) in [5, 5.41) is 4.25. The first-order valence-electron chi connectivity index (χ1n) is 9.12. The molecule has 0 aliphatic carbocycles. The number of rotatable bonds is 4. The van der Waals surface area contributed by atoms with Crippen LogP contribution in [-0.4, -0.2) is 27.1 Å². The maximum absolute atomic E-state index is 12.7. The zero-order valence-corrected chi connectivity index (χ0v) is 15.1. The molecule has 2 heterocycles. The van der Waals surface area contributed by atoms with Crippen molar-refractivity contribution >= 4 is 17.3 Å². The van der Waals surface area contributed by atoms with Crippen LogP contribution in [0.5, 0.6) is 0 Å². The lowest BCUT2D eigenvalue weighted by Crippen LogP contribution is -2.37. The van der Waals surface area contributed by atoms with Gasteiger partial charge in [-0.25, -0.2) is 4.68 Å². The molecule has 4 N–H and O–H groups in total. The van der Waals surface area contributed by atoms with Crippen LogP contribution in [0.3, 0.4) is 0 Å². The molecule has 4 rings (SSSR count). The second-order valence-electron chi connectivity index (χ2n) is 6.98. The number of hydrogen-bond acceptors (Lipinski definition) is 4. The lowest BCUT2D eigenvalue weighted by Gasteiger charge is -2.32. The van der Waals surface area contributed by atoms with Crippen molar-refractivity contribution < 1.29 is 4.79 Å². The summed E-state index contributed by atoms with van der Waals surface area (Å²) in [6.07, 6.45) is 4.92. The summed E-state index contributed by atoms with van der Waals surface area (Å²) in [7, 11) is 0. The van der Waals surface area contributed by atoms with Crippen LogP contribution in [0.15, 0.2) is 60.9 Å². The Hall–Kier alpha value is -3.28. The van der Waals surface area contributed by atoms with E-state index in [4.69, 9.17) is 11.5 Å². The molecule has 6 nitrogen and oxygen atoms in total. The predicted molar refractivity (Wildman–Crippen MR) is 106 cm³/mol. The minimum absolute atomic E-state index is 0.140. The van der Waals surface area contributed by atoms with E-state index >= 15 is 0 Å². The Labute approximate surface area is 158 Å². The molecule has 1 unspecified atom stereocenters. The Morgan fingerprint density at radius 1 is 1.11 bits per heavy atom. The quantitative estimate of drug-likeness (QED) is 0.699. The van der Waals surface area contributed by atoms with Crippen LogP contribution in [-0.2, 0) is 11.3 Å². The van der Waals surface area contributed by atoms with E-state index in [1.165, 1.54) is 0 Å².